The molecule has 0 saturated carbocycles. The van der Waals surface area contributed by atoms with Crippen LogP contribution in [0.3, 0.4) is 0 Å². The summed E-state index contributed by atoms with van der Waals surface area (Å²) in [6, 6.07) is 15.1. The van der Waals surface area contributed by atoms with Crippen molar-refractivity contribution < 1.29 is 9.47 Å². The number of rotatable bonds is 5. The molecule has 6 heteroatoms. The van der Waals surface area contributed by atoms with Gasteiger partial charge >= 0.3 is 0 Å². The minimum Gasteiger partial charge on any atom is -0.497 e. The van der Waals surface area contributed by atoms with E-state index in [4.69, 9.17) is 9.47 Å². The number of hydrogen-bond acceptors (Lipinski definition) is 5. The van der Waals surface area contributed by atoms with E-state index in [2.05, 4.69) is 15.3 Å². The van der Waals surface area contributed by atoms with Gasteiger partial charge in [0.2, 0.25) is 0 Å². The first-order valence-corrected chi connectivity index (χ1v) is 7.03. The number of hydrogen-bond donors (Lipinski definition) is 0. The first-order chi connectivity index (χ1) is 11.3. The lowest BCUT2D eigenvalue weighted by atomic mass is 10.3. The highest BCUT2D eigenvalue weighted by molar-refractivity contribution is 5.79. The molecule has 0 radical (unpaired) electrons. The molecule has 0 spiro atoms. The van der Waals surface area contributed by atoms with Gasteiger partial charge in [-0.3, -0.25) is 4.99 Å². The van der Waals surface area contributed by atoms with Crippen molar-refractivity contribution in [1.82, 2.24) is 15.0 Å². The summed E-state index contributed by atoms with van der Waals surface area (Å²) in [4.78, 5) is 4.37. The zero-order chi connectivity index (χ0) is 16.1. The Bertz CT molecular complexity index is 792. The van der Waals surface area contributed by atoms with E-state index in [1.807, 2.05) is 54.7 Å². The molecule has 0 N–H and O–H groups in total. The molecule has 0 fully saturated rings. The third kappa shape index (κ3) is 3.55. The van der Waals surface area contributed by atoms with Crippen LogP contribution in [0.25, 0.3) is 5.69 Å². The van der Waals surface area contributed by atoms with Crippen molar-refractivity contribution in [2.45, 2.75) is 0 Å². The highest BCUT2D eigenvalue weighted by Crippen LogP contribution is 2.17. The van der Waals surface area contributed by atoms with E-state index in [-0.39, 0.29) is 0 Å². The molecular formula is C17H16N4O2. The highest BCUT2D eigenvalue weighted by atomic mass is 16.5. The Morgan fingerprint density at radius 1 is 0.913 bits per heavy atom. The lowest BCUT2D eigenvalue weighted by molar-refractivity contribution is 0.414. The van der Waals surface area contributed by atoms with E-state index in [9.17, 15) is 0 Å². The summed E-state index contributed by atoms with van der Waals surface area (Å²) in [6.45, 7) is 0. The molecule has 1 aromatic heterocycles. The Morgan fingerprint density at radius 2 is 1.52 bits per heavy atom. The van der Waals surface area contributed by atoms with Gasteiger partial charge in [0.1, 0.15) is 17.2 Å². The Kier molecular flexibility index (Phi) is 4.33. The number of benzene rings is 2. The maximum atomic E-state index is 5.14. The zero-order valence-corrected chi connectivity index (χ0v) is 12.9. The smallest absolute Gasteiger partial charge is 0.124 e. The molecule has 1 heterocycles. The van der Waals surface area contributed by atoms with Crippen molar-refractivity contribution in [1.29, 1.82) is 0 Å². The standard InChI is InChI=1S/C17H16N4O2/c1-22-16-7-3-13(4-8-16)18-11-14-12-21(20-19-14)15-5-9-17(23-2)10-6-15/h3-12H,1-2H3. The maximum Gasteiger partial charge on any atom is 0.124 e. The van der Waals surface area contributed by atoms with Gasteiger partial charge in [-0.2, -0.15) is 0 Å². The van der Waals surface area contributed by atoms with E-state index < -0.39 is 0 Å². The molecule has 0 aliphatic heterocycles. The second kappa shape index (κ2) is 6.74. The second-order valence-electron chi connectivity index (χ2n) is 4.74. The van der Waals surface area contributed by atoms with E-state index in [0.717, 1.165) is 22.9 Å². The van der Waals surface area contributed by atoms with E-state index in [1.54, 1.807) is 25.1 Å². The number of nitrogens with zero attached hydrogens (tertiary/aromatic N) is 4. The van der Waals surface area contributed by atoms with Crippen LogP contribution >= 0.6 is 0 Å². The normalized spacial score (nSPS) is 10.9. The van der Waals surface area contributed by atoms with Crippen LogP contribution in [0.2, 0.25) is 0 Å². The van der Waals surface area contributed by atoms with Gasteiger partial charge in [-0.15, -0.1) is 5.10 Å². The van der Waals surface area contributed by atoms with Gasteiger partial charge in [-0.25, -0.2) is 4.68 Å². The summed E-state index contributed by atoms with van der Waals surface area (Å²) in [6.07, 6.45) is 3.49. The fraction of sp³-hybridized carbons (Fsp3) is 0.118. The summed E-state index contributed by atoms with van der Waals surface area (Å²) in [5, 5.41) is 8.19. The van der Waals surface area contributed by atoms with Crippen molar-refractivity contribution >= 4 is 11.9 Å². The predicted molar refractivity (Wildman–Crippen MR) is 88.2 cm³/mol. The van der Waals surface area contributed by atoms with Crippen LogP contribution in [0.1, 0.15) is 5.69 Å². The van der Waals surface area contributed by atoms with Crippen LogP contribution in [0.4, 0.5) is 5.69 Å². The quantitative estimate of drug-likeness (QED) is 0.680. The predicted octanol–water partition coefficient (Wildman–Crippen LogP) is 3.04. The minimum atomic E-state index is 0.677. The summed E-state index contributed by atoms with van der Waals surface area (Å²) in [7, 11) is 3.27. The van der Waals surface area contributed by atoms with Gasteiger partial charge in [0, 0.05) is 0 Å². The molecule has 0 atom stereocenters. The van der Waals surface area contributed by atoms with Gasteiger partial charge in [-0.1, -0.05) is 5.21 Å². The summed E-state index contributed by atoms with van der Waals surface area (Å²) in [5.74, 6) is 1.60. The largest absolute Gasteiger partial charge is 0.497 e. The van der Waals surface area contributed by atoms with Crippen LogP contribution in [0.15, 0.2) is 59.7 Å². The molecule has 0 amide bonds. The van der Waals surface area contributed by atoms with Gasteiger partial charge < -0.3 is 9.47 Å². The fourth-order valence-electron chi connectivity index (χ4n) is 2.01. The average molecular weight is 308 g/mol. The number of ether oxygens (including phenoxy) is 2. The highest BCUT2D eigenvalue weighted by Gasteiger charge is 2.01. The van der Waals surface area contributed by atoms with Crippen LogP contribution < -0.4 is 9.47 Å². The lowest BCUT2D eigenvalue weighted by Crippen LogP contribution is -1.94. The topological polar surface area (TPSA) is 61.5 Å². The van der Waals surface area contributed by atoms with Crippen LogP contribution in [-0.4, -0.2) is 35.4 Å². The van der Waals surface area contributed by atoms with Gasteiger partial charge in [0.15, 0.2) is 0 Å². The number of aromatic nitrogens is 3. The van der Waals surface area contributed by atoms with Crippen molar-refractivity contribution in [3.8, 4) is 17.2 Å². The molecule has 3 aromatic rings. The number of methoxy groups -OCH3 is 2. The summed E-state index contributed by atoms with van der Waals surface area (Å²) >= 11 is 0. The van der Waals surface area contributed by atoms with Gasteiger partial charge in [-0.05, 0) is 48.5 Å². The Hall–Kier alpha value is -3.15. The zero-order valence-electron chi connectivity index (χ0n) is 12.9. The van der Waals surface area contributed by atoms with Gasteiger partial charge in [0.25, 0.3) is 0 Å². The molecule has 0 bridgehead atoms. The molecule has 0 saturated heterocycles. The van der Waals surface area contributed by atoms with E-state index in [1.165, 1.54) is 0 Å². The Balaban J connectivity index is 1.74. The number of aliphatic imine (C=N–C) groups is 1. The summed E-state index contributed by atoms with van der Waals surface area (Å²) < 4.78 is 11.9. The van der Waals surface area contributed by atoms with Crippen molar-refractivity contribution in [3.05, 3.63) is 60.4 Å². The molecule has 3 rings (SSSR count). The van der Waals surface area contributed by atoms with E-state index in [0.29, 0.717) is 5.69 Å². The summed E-state index contributed by atoms with van der Waals surface area (Å²) in [5.41, 5.74) is 2.41. The molecule has 0 unspecified atom stereocenters. The lowest BCUT2D eigenvalue weighted by Gasteiger charge is -2.01. The first-order valence-electron chi connectivity index (χ1n) is 7.03. The van der Waals surface area contributed by atoms with Crippen LogP contribution in [-0.2, 0) is 0 Å². The maximum absolute atomic E-state index is 5.14. The third-order valence-corrected chi connectivity index (χ3v) is 3.27. The first kappa shape index (κ1) is 14.8. The van der Waals surface area contributed by atoms with Gasteiger partial charge in [0.05, 0.1) is 38.0 Å². The van der Waals surface area contributed by atoms with Crippen molar-refractivity contribution in [2.75, 3.05) is 14.2 Å². The second-order valence-corrected chi connectivity index (χ2v) is 4.74. The van der Waals surface area contributed by atoms with Crippen LogP contribution in [0.5, 0.6) is 11.5 Å². The molecule has 116 valence electrons. The molecule has 23 heavy (non-hydrogen) atoms. The minimum absolute atomic E-state index is 0.677. The molecule has 6 nitrogen and oxygen atoms in total. The molecule has 0 aliphatic carbocycles. The average Bonchev–Trinajstić information content (AvgIpc) is 3.09. The molecule has 0 aliphatic rings. The fourth-order valence-corrected chi connectivity index (χ4v) is 2.01. The molecular weight excluding hydrogens is 292 g/mol. The monoisotopic (exact) mass is 308 g/mol. The Morgan fingerprint density at radius 3 is 2.13 bits per heavy atom. The van der Waals surface area contributed by atoms with Crippen molar-refractivity contribution in [3.63, 3.8) is 0 Å². The Labute approximate surface area is 134 Å². The SMILES string of the molecule is COc1ccc(N=Cc2cn(-c3ccc(OC)cc3)nn2)cc1. The van der Waals surface area contributed by atoms with Crippen LogP contribution in [0, 0.1) is 0 Å². The van der Waals surface area contributed by atoms with E-state index >= 15 is 0 Å². The molecule has 2 aromatic carbocycles. The van der Waals surface area contributed by atoms with Crippen molar-refractivity contribution in [2.24, 2.45) is 4.99 Å². The third-order valence-electron chi connectivity index (χ3n) is 3.27.